The Hall–Kier alpha value is -2.24. The normalized spacial score (nSPS) is 15.5. The molecule has 0 saturated carbocycles. The van der Waals surface area contributed by atoms with Gasteiger partial charge in [-0.15, -0.1) is 0 Å². The van der Waals surface area contributed by atoms with Gasteiger partial charge in [-0.2, -0.15) is 0 Å². The fraction of sp³-hybridized carbons (Fsp3) is 0.300. The molecule has 1 aromatic heterocycles. The number of aliphatic hydroxyl groups excluding tert-OH is 5. The topological polar surface area (TPSA) is 153 Å². The van der Waals surface area contributed by atoms with E-state index in [1.807, 2.05) is 0 Å². The molecule has 4 atom stereocenters. The van der Waals surface area contributed by atoms with Gasteiger partial charge in [-0.05, 0) is 36.4 Å². The molecule has 5 N–H and O–H groups in total. The Labute approximate surface area is 186 Å². The highest BCUT2D eigenvalue weighted by Crippen LogP contribution is 2.29. The largest absolute Gasteiger partial charge is 0.459 e. The number of nitrogens with zero attached hydrogens (tertiary/aromatic N) is 1. The highest BCUT2D eigenvalue weighted by Gasteiger charge is 2.30. The number of ether oxygens (including phenoxy) is 1. The molecule has 31 heavy (non-hydrogen) atoms. The van der Waals surface area contributed by atoms with Crippen LogP contribution in [-0.4, -0.2) is 74.1 Å². The summed E-state index contributed by atoms with van der Waals surface area (Å²) in [6.45, 7) is -1.47. The fourth-order valence-electron chi connectivity index (χ4n) is 2.76. The lowest BCUT2D eigenvalue weighted by Gasteiger charge is -2.25. The third-order valence-corrected chi connectivity index (χ3v) is 4.88. The zero-order valence-corrected chi connectivity index (χ0v) is 17.4. The number of esters is 1. The van der Waals surface area contributed by atoms with Gasteiger partial charge < -0.3 is 34.7 Å². The van der Waals surface area contributed by atoms with E-state index in [2.05, 4.69) is 4.98 Å². The summed E-state index contributed by atoms with van der Waals surface area (Å²) >= 11 is 12.0. The highest BCUT2D eigenvalue weighted by molar-refractivity contribution is 6.35. The summed E-state index contributed by atoms with van der Waals surface area (Å²) in [5, 5.41) is 48.1. The van der Waals surface area contributed by atoms with E-state index in [4.69, 9.17) is 37.5 Å². The van der Waals surface area contributed by atoms with Crippen LogP contribution in [-0.2, 0) is 4.74 Å². The maximum absolute atomic E-state index is 12.3. The summed E-state index contributed by atoms with van der Waals surface area (Å²) in [5.41, 5.74) is 1.41. The summed E-state index contributed by atoms with van der Waals surface area (Å²) in [7, 11) is 0. The maximum atomic E-state index is 12.3. The number of hydrogen-bond acceptors (Lipinski definition) is 9. The van der Waals surface area contributed by atoms with Gasteiger partial charge in [-0.1, -0.05) is 23.2 Å². The number of carbonyl (C=O) groups excluding carboxylic acids is 1. The molecule has 0 aliphatic heterocycles. The minimum atomic E-state index is -1.83. The van der Waals surface area contributed by atoms with E-state index in [-0.39, 0.29) is 11.5 Å². The first kappa shape index (κ1) is 23.4. The molecule has 3 aromatic rings. The van der Waals surface area contributed by atoms with Gasteiger partial charge in [0.05, 0.1) is 12.2 Å². The lowest BCUT2D eigenvalue weighted by atomic mass is 10.0. The minimum Gasteiger partial charge on any atom is -0.459 e. The Kier molecular flexibility index (Phi) is 7.50. The van der Waals surface area contributed by atoms with Gasteiger partial charge in [-0.3, -0.25) is 0 Å². The second-order valence-electron chi connectivity index (χ2n) is 6.76. The van der Waals surface area contributed by atoms with Crippen LogP contribution in [0.15, 0.2) is 40.8 Å². The van der Waals surface area contributed by atoms with Gasteiger partial charge in [0.1, 0.15) is 36.5 Å². The second kappa shape index (κ2) is 9.92. The number of halogens is 2. The summed E-state index contributed by atoms with van der Waals surface area (Å²) < 4.78 is 10.6. The van der Waals surface area contributed by atoms with E-state index >= 15 is 0 Å². The molecule has 11 heteroatoms. The van der Waals surface area contributed by atoms with E-state index in [1.54, 1.807) is 18.2 Å². The molecule has 0 radical (unpaired) electrons. The molecule has 0 aliphatic rings. The molecule has 9 nitrogen and oxygen atoms in total. The lowest BCUT2D eigenvalue weighted by molar-refractivity contribution is -0.124. The number of benzene rings is 2. The smallest absolute Gasteiger partial charge is 0.338 e. The summed E-state index contributed by atoms with van der Waals surface area (Å²) in [5.74, 6) is -0.575. The molecule has 1 heterocycles. The van der Waals surface area contributed by atoms with Crippen LogP contribution in [0.5, 0.6) is 0 Å². The first-order chi connectivity index (χ1) is 14.7. The molecular weight excluding hydrogens is 453 g/mol. The average molecular weight is 472 g/mol. The van der Waals surface area contributed by atoms with E-state index < -0.39 is 43.6 Å². The third kappa shape index (κ3) is 5.52. The quantitative estimate of drug-likeness (QED) is 0.306. The first-order valence-corrected chi connectivity index (χ1v) is 9.82. The number of aromatic nitrogens is 1. The Morgan fingerprint density at radius 2 is 1.65 bits per heavy atom. The SMILES string of the molecule is O=C(OC[C@H](O)[C@@H](O)[C@H](O)[C@H](O)CO)c1ccc2nc(-c3cc(Cl)cc(Cl)c3)oc2c1. The Morgan fingerprint density at radius 1 is 1.00 bits per heavy atom. The molecule has 0 fully saturated rings. The van der Waals surface area contributed by atoms with Crippen LogP contribution in [0.25, 0.3) is 22.6 Å². The Balaban J connectivity index is 1.70. The van der Waals surface area contributed by atoms with Crippen molar-refractivity contribution in [1.29, 1.82) is 0 Å². The van der Waals surface area contributed by atoms with Crippen LogP contribution in [0.3, 0.4) is 0 Å². The van der Waals surface area contributed by atoms with E-state index in [1.165, 1.54) is 18.2 Å². The molecule has 0 amide bonds. The number of oxazole rings is 1. The van der Waals surface area contributed by atoms with Crippen molar-refractivity contribution in [2.45, 2.75) is 24.4 Å². The summed E-state index contributed by atoms with van der Waals surface area (Å²) in [6, 6.07) is 9.20. The van der Waals surface area contributed by atoms with E-state index in [9.17, 15) is 25.2 Å². The molecule has 0 aliphatic carbocycles. The molecule has 3 rings (SSSR count). The first-order valence-electron chi connectivity index (χ1n) is 9.07. The molecule has 2 aromatic carbocycles. The van der Waals surface area contributed by atoms with Crippen LogP contribution in [0.2, 0.25) is 10.0 Å². The van der Waals surface area contributed by atoms with Crippen molar-refractivity contribution < 1.29 is 39.5 Å². The molecule has 0 bridgehead atoms. The zero-order valence-electron chi connectivity index (χ0n) is 15.9. The van der Waals surface area contributed by atoms with Crippen molar-refractivity contribution in [2.75, 3.05) is 13.2 Å². The van der Waals surface area contributed by atoms with Crippen molar-refractivity contribution in [3.63, 3.8) is 0 Å². The van der Waals surface area contributed by atoms with E-state index in [0.29, 0.717) is 26.7 Å². The van der Waals surface area contributed by atoms with Crippen LogP contribution < -0.4 is 0 Å². The average Bonchev–Trinajstić information content (AvgIpc) is 3.18. The molecule has 0 spiro atoms. The van der Waals surface area contributed by atoms with Gasteiger partial charge >= 0.3 is 5.97 Å². The number of fused-ring (bicyclic) bond motifs is 1. The molecular formula is C20H19Cl2NO8. The molecule has 0 saturated heterocycles. The van der Waals surface area contributed by atoms with Gasteiger partial charge in [0.2, 0.25) is 5.89 Å². The van der Waals surface area contributed by atoms with Crippen molar-refractivity contribution in [3.05, 3.63) is 52.0 Å². The van der Waals surface area contributed by atoms with Crippen molar-refractivity contribution in [1.82, 2.24) is 4.98 Å². The lowest BCUT2D eigenvalue weighted by Crippen LogP contribution is -2.47. The Morgan fingerprint density at radius 3 is 2.29 bits per heavy atom. The number of hydrogen-bond donors (Lipinski definition) is 5. The van der Waals surface area contributed by atoms with Crippen LogP contribution in [0.4, 0.5) is 0 Å². The third-order valence-electron chi connectivity index (χ3n) is 4.44. The molecule has 166 valence electrons. The fourth-order valence-corrected chi connectivity index (χ4v) is 3.28. The number of carbonyl (C=O) groups is 1. The maximum Gasteiger partial charge on any atom is 0.338 e. The van der Waals surface area contributed by atoms with Gasteiger partial charge in [-0.25, -0.2) is 9.78 Å². The van der Waals surface area contributed by atoms with Gasteiger partial charge in [0.15, 0.2) is 5.58 Å². The number of aliphatic hydroxyl groups is 5. The van der Waals surface area contributed by atoms with E-state index in [0.717, 1.165) is 0 Å². The van der Waals surface area contributed by atoms with Crippen LogP contribution >= 0.6 is 23.2 Å². The molecule has 0 unspecified atom stereocenters. The Bertz CT molecular complexity index is 1050. The minimum absolute atomic E-state index is 0.0944. The summed E-state index contributed by atoms with van der Waals surface area (Å²) in [4.78, 5) is 16.6. The summed E-state index contributed by atoms with van der Waals surface area (Å²) in [6.07, 6.45) is -6.99. The highest BCUT2D eigenvalue weighted by atomic mass is 35.5. The van der Waals surface area contributed by atoms with Crippen LogP contribution in [0.1, 0.15) is 10.4 Å². The van der Waals surface area contributed by atoms with Gasteiger partial charge in [0, 0.05) is 15.6 Å². The second-order valence-corrected chi connectivity index (χ2v) is 7.63. The monoisotopic (exact) mass is 471 g/mol. The van der Waals surface area contributed by atoms with Crippen LogP contribution in [0, 0.1) is 0 Å². The number of rotatable bonds is 8. The van der Waals surface area contributed by atoms with Gasteiger partial charge in [0.25, 0.3) is 0 Å². The zero-order chi connectivity index (χ0) is 22.7. The van der Waals surface area contributed by atoms with Crippen molar-refractivity contribution in [3.8, 4) is 11.5 Å². The van der Waals surface area contributed by atoms with Crippen molar-refractivity contribution >= 4 is 40.3 Å². The van der Waals surface area contributed by atoms with Crippen molar-refractivity contribution in [2.24, 2.45) is 0 Å². The predicted octanol–water partition coefficient (Wildman–Crippen LogP) is 1.39. The predicted molar refractivity (Wildman–Crippen MR) is 111 cm³/mol. The standard InChI is InChI=1S/C20H19Cl2NO8/c21-11-3-10(4-12(22)6-11)19-23-13-2-1-9(5-16(13)31-19)20(29)30-8-15(26)18(28)17(27)14(25)7-24/h1-6,14-15,17-18,24-28H,7-8H2/t14-,15+,17-,18-/m1/s1.